The number of rotatable bonds is 5. The smallest absolute Gasteiger partial charge is 0.258 e. The average molecular weight is 266 g/mol. The number of ether oxygens (including phenoxy) is 1. The Balaban J connectivity index is 2.25. The fourth-order valence-corrected chi connectivity index (χ4v) is 1.69. The summed E-state index contributed by atoms with van der Waals surface area (Å²) < 4.78 is 23.4. The maximum Gasteiger partial charge on any atom is 0.258 e. The van der Waals surface area contributed by atoms with Gasteiger partial charge in [0, 0.05) is 5.56 Å². The first-order valence-electron chi connectivity index (χ1n) is 6.01. The summed E-state index contributed by atoms with van der Waals surface area (Å²) in [4.78, 5) is 4.06. The number of halogens is 1. The quantitative estimate of drug-likeness (QED) is 0.901. The van der Waals surface area contributed by atoms with Gasteiger partial charge >= 0.3 is 0 Å². The van der Waals surface area contributed by atoms with Gasteiger partial charge in [-0.05, 0) is 24.6 Å². The topological polar surface area (TPSA) is 68.4 Å². The van der Waals surface area contributed by atoms with Crippen LogP contribution in [0.1, 0.15) is 31.7 Å². The standard InChI is InChI=1S/C13H15FN2O3/c1-3-4-10(17)12-15-13(19-16-12)8-5-6-11(18-2)9(14)7-8/h5-7,10,17H,3-4H2,1-2H3. The van der Waals surface area contributed by atoms with E-state index in [9.17, 15) is 9.50 Å². The number of aromatic nitrogens is 2. The van der Waals surface area contributed by atoms with Gasteiger partial charge in [-0.1, -0.05) is 18.5 Å². The lowest BCUT2D eigenvalue weighted by Gasteiger charge is -2.02. The van der Waals surface area contributed by atoms with Crippen LogP contribution < -0.4 is 4.74 Å². The summed E-state index contributed by atoms with van der Waals surface area (Å²) in [7, 11) is 1.39. The highest BCUT2D eigenvalue weighted by Gasteiger charge is 2.16. The van der Waals surface area contributed by atoms with Crippen LogP contribution in [-0.4, -0.2) is 22.4 Å². The fourth-order valence-electron chi connectivity index (χ4n) is 1.69. The summed E-state index contributed by atoms with van der Waals surface area (Å²) in [6, 6.07) is 4.35. The van der Waals surface area contributed by atoms with Crippen molar-refractivity contribution in [1.29, 1.82) is 0 Å². The third-order valence-electron chi connectivity index (χ3n) is 2.70. The zero-order chi connectivity index (χ0) is 13.8. The molecule has 1 unspecified atom stereocenters. The van der Waals surface area contributed by atoms with Crippen LogP contribution in [-0.2, 0) is 0 Å². The molecule has 0 aliphatic heterocycles. The Morgan fingerprint density at radius 2 is 2.26 bits per heavy atom. The number of hydrogen-bond donors (Lipinski definition) is 1. The lowest BCUT2D eigenvalue weighted by molar-refractivity contribution is 0.153. The number of nitrogens with zero attached hydrogens (tertiary/aromatic N) is 2. The van der Waals surface area contributed by atoms with Crippen molar-refractivity contribution in [2.75, 3.05) is 7.11 Å². The van der Waals surface area contributed by atoms with E-state index in [-0.39, 0.29) is 17.5 Å². The Labute approximate surface area is 110 Å². The van der Waals surface area contributed by atoms with Crippen LogP contribution in [0.3, 0.4) is 0 Å². The average Bonchev–Trinajstić information content (AvgIpc) is 2.88. The number of hydrogen-bond acceptors (Lipinski definition) is 5. The minimum absolute atomic E-state index is 0.148. The Morgan fingerprint density at radius 3 is 2.89 bits per heavy atom. The molecule has 0 spiro atoms. The summed E-state index contributed by atoms with van der Waals surface area (Å²) in [6.45, 7) is 1.95. The van der Waals surface area contributed by atoms with Gasteiger partial charge in [0.2, 0.25) is 5.82 Å². The molecule has 1 atom stereocenters. The van der Waals surface area contributed by atoms with Crippen molar-refractivity contribution in [3.8, 4) is 17.2 Å². The predicted molar refractivity (Wildman–Crippen MR) is 66.1 cm³/mol. The molecule has 0 fully saturated rings. The highest BCUT2D eigenvalue weighted by atomic mass is 19.1. The van der Waals surface area contributed by atoms with E-state index in [1.54, 1.807) is 6.07 Å². The first-order chi connectivity index (χ1) is 9.15. The van der Waals surface area contributed by atoms with Gasteiger partial charge in [0.25, 0.3) is 5.89 Å². The number of aliphatic hydroxyl groups is 1. The normalized spacial score (nSPS) is 12.4. The summed E-state index contributed by atoms with van der Waals surface area (Å²) in [5.74, 6) is 0.0307. The van der Waals surface area contributed by atoms with Crippen LogP contribution in [0.15, 0.2) is 22.7 Å². The van der Waals surface area contributed by atoms with Gasteiger partial charge in [0.15, 0.2) is 11.6 Å². The monoisotopic (exact) mass is 266 g/mol. The van der Waals surface area contributed by atoms with Crippen LogP contribution in [0.2, 0.25) is 0 Å². The van der Waals surface area contributed by atoms with Gasteiger partial charge in [-0.2, -0.15) is 4.98 Å². The van der Waals surface area contributed by atoms with Crippen molar-refractivity contribution >= 4 is 0 Å². The largest absolute Gasteiger partial charge is 0.494 e. The van der Waals surface area contributed by atoms with Crippen LogP contribution in [0.25, 0.3) is 11.5 Å². The molecule has 0 saturated heterocycles. The van der Waals surface area contributed by atoms with E-state index in [1.165, 1.54) is 19.2 Å². The molecule has 0 aliphatic rings. The second-order valence-electron chi connectivity index (χ2n) is 4.11. The van der Waals surface area contributed by atoms with Crippen molar-refractivity contribution in [3.05, 3.63) is 29.8 Å². The number of methoxy groups -OCH3 is 1. The van der Waals surface area contributed by atoms with Gasteiger partial charge < -0.3 is 14.4 Å². The third kappa shape index (κ3) is 2.90. The van der Waals surface area contributed by atoms with E-state index in [4.69, 9.17) is 9.26 Å². The number of benzene rings is 1. The maximum absolute atomic E-state index is 13.6. The van der Waals surface area contributed by atoms with Gasteiger partial charge in [-0.25, -0.2) is 4.39 Å². The van der Waals surface area contributed by atoms with Crippen LogP contribution in [0, 0.1) is 5.82 Å². The Bertz CT molecular complexity index is 557. The molecule has 1 aromatic carbocycles. The molecule has 1 aromatic heterocycles. The Morgan fingerprint density at radius 1 is 1.47 bits per heavy atom. The molecular formula is C13H15FN2O3. The van der Waals surface area contributed by atoms with E-state index in [0.717, 1.165) is 6.42 Å². The second-order valence-corrected chi connectivity index (χ2v) is 4.11. The van der Waals surface area contributed by atoms with Crippen molar-refractivity contribution < 1.29 is 18.8 Å². The highest BCUT2D eigenvalue weighted by Crippen LogP contribution is 2.25. The molecule has 0 radical (unpaired) electrons. The molecule has 6 heteroatoms. The summed E-state index contributed by atoms with van der Waals surface area (Å²) in [5, 5.41) is 13.4. The van der Waals surface area contributed by atoms with E-state index in [1.807, 2.05) is 6.92 Å². The lowest BCUT2D eigenvalue weighted by Crippen LogP contribution is -1.98. The molecule has 2 aromatic rings. The molecule has 1 heterocycles. The first kappa shape index (κ1) is 13.5. The lowest BCUT2D eigenvalue weighted by atomic mass is 10.2. The highest BCUT2D eigenvalue weighted by molar-refractivity contribution is 5.54. The van der Waals surface area contributed by atoms with Crippen molar-refractivity contribution in [2.45, 2.75) is 25.9 Å². The second kappa shape index (κ2) is 5.79. The zero-order valence-electron chi connectivity index (χ0n) is 10.8. The molecule has 2 rings (SSSR count). The predicted octanol–water partition coefficient (Wildman–Crippen LogP) is 2.72. The van der Waals surface area contributed by atoms with E-state index < -0.39 is 11.9 Å². The zero-order valence-corrected chi connectivity index (χ0v) is 10.8. The summed E-state index contributed by atoms with van der Waals surface area (Å²) in [5.41, 5.74) is 0.445. The van der Waals surface area contributed by atoms with Crippen LogP contribution >= 0.6 is 0 Å². The maximum atomic E-state index is 13.6. The molecule has 0 bridgehead atoms. The minimum Gasteiger partial charge on any atom is -0.494 e. The van der Waals surface area contributed by atoms with Crippen molar-refractivity contribution in [3.63, 3.8) is 0 Å². The number of aliphatic hydroxyl groups excluding tert-OH is 1. The molecule has 0 saturated carbocycles. The van der Waals surface area contributed by atoms with Gasteiger partial charge in [0.1, 0.15) is 6.10 Å². The van der Waals surface area contributed by atoms with Crippen LogP contribution in [0.5, 0.6) is 5.75 Å². The molecule has 19 heavy (non-hydrogen) atoms. The molecule has 0 amide bonds. The molecule has 1 N–H and O–H groups in total. The summed E-state index contributed by atoms with van der Waals surface area (Å²) >= 11 is 0. The SMILES string of the molecule is CCCC(O)c1noc(-c2ccc(OC)c(F)c2)n1. The van der Waals surface area contributed by atoms with E-state index in [2.05, 4.69) is 10.1 Å². The van der Waals surface area contributed by atoms with Gasteiger partial charge in [-0.15, -0.1) is 0 Å². The fraction of sp³-hybridized carbons (Fsp3) is 0.385. The Hall–Kier alpha value is -1.95. The molecular weight excluding hydrogens is 251 g/mol. The summed E-state index contributed by atoms with van der Waals surface area (Å²) in [6.07, 6.45) is 0.601. The molecule has 102 valence electrons. The molecule has 0 aliphatic carbocycles. The van der Waals surface area contributed by atoms with Gasteiger partial charge in [-0.3, -0.25) is 0 Å². The van der Waals surface area contributed by atoms with E-state index >= 15 is 0 Å². The van der Waals surface area contributed by atoms with Crippen molar-refractivity contribution in [1.82, 2.24) is 10.1 Å². The van der Waals surface area contributed by atoms with E-state index in [0.29, 0.717) is 12.0 Å². The first-order valence-corrected chi connectivity index (χ1v) is 6.01. The third-order valence-corrected chi connectivity index (χ3v) is 2.70. The van der Waals surface area contributed by atoms with Gasteiger partial charge in [0.05, 0.1) is 7.11 Å². The molecule has 5 nitrogen and oxygen atoms in total. The Kier molecular flexibility index (Phi) is 4.11. The minimum atomic E-state index is -0.759. The van der Waals surface area contributed by atoms with Crippen LogP contribution in [0.4, 0.5) is 4.39 Å². The van der Waals surface area contributed by atoms with Crippen molar-refractivity contribution in [2.24, 2.45) is 0 Å².